The van der Waals surface area contributed by atoms with Crippen LogP contribution >= 0.6 is 11.6 Å². The normalized spacial score (nSPS) is 13.0. The third-order valence-corrected chi connectivity index (χ3v) is 5.23. The van der Waals surface area contributed by atoms with Crippen molar-refractivity contribution in [3.63, 3.8) is 0 Å². The maximum atomic E-state index is 12.8. The van der Waals surface area contributed by atoms with E-state index in [9.17, 15) is 44.3 Å². The van der Waals surface area contributed by atoms with Crippen molar-refractivity contribution in [2.24, 2.45) is 7.05 Å². The van der Waals surface area contributed by atoms with Crippen molar-refractivity contribution in [3.8, 4) is 0 Å². The van der Waals surface area contributed by atoms with E-state index in [2.05, 4.69) is 4.74 Å². The Morgan fingerprint density at radius 2 is 1.39 bits per heavy atom. The number of halogens is 10. The second kappa shape index (κ2) is 9.89. The molecule has 0 spiro atoms. The highest BCUT2D eigenvalue weighted by Crippen LogP contribution is 2.37. The third kappa shape index (κ3) is 6.47. The lowest BCUT2D eigenvalue weighted by Crippen LogP contribution is -2.45. The van der Waals surface area contributed by atoms with Crippen molar-refractivity contribution in [1.29, 1.82) is 0 Å². The SMILES string of the molecule is C[n+]1c2ccccc2c(C(=O)OC(C(F)(F)F)C(F)(F)F)c2cc(Cl)ccc21.O=S(=O)([O-])C(F)(F)F. The van der Waals surface area contributed by atoms with Gasteiger partial charge in [0.05, 0.1) is 16.3 Å². The van der Waals surface area contributed by atoms with Gasteiger partial charge in [-0.3, -0.25) is 0 Å². The predicted molar refractivity (Wildman–Crippen MR) is 105 cm³/mol. The zero-order chi connectivity index (χ0) is 27.9. The molecule has 3 aromatic rings. The van der Waals surface area contributed by atoms with Gasteiger partial charge in [-0.25, -0.2) is 13.2 Å². The van der Waals surface area contributed by atoms with Gasteiger partial charge in [0.2, 0.25) is 11.0 Å². The molecule has 0 aliphatic heterocycles. The first-order valence-corrected chi connectivity index (χ1v) is 10.8. The molecule has 1 aromatic heterocycles. The number of aromatic nitrogens is 1. The average Bonchev–Trinajstić information content (AvgIpc) is 2.69. The van der Waals surface area contributed by atoms with E-state index in [1.165, 1.54) is 30.3 Å². The number of hydrogen-bond donors (Lipinski definition) is 0. The van der Waals surface area contributed by atoms with Gasteiger partial charge in [0.15, 0.2) is 10.1 Å². The van der Waals surface area contributed by atoms with Crippen LogP contribution in [0.25, 0.3) is 21.8 Å². The molecule has 0 radical (unpaired) electrons. The van der Waals surface area contributed by atoms with Gasteiger partial charge in [0.25, 0.3) is 6.10 Å². The van der Waals surface area contributed by atoms with Crippen LogP contribution in [0.3, 0.4) is 0 Å². The van der Waals surface area contributed by atoms with Gasteiger partial charge in [-0.05, 0) is 18.2 Å². The van der Waals surface area contributed by atoms with E-state index in [4.69, 9.17) is 24.6 Å². The quantitative estimate of drug-likeness (QED) is 0.106. The van der Waals surface area contributed by atoms with Crippen LogP contribution in [0.2, 0.25) is 5.02 Å². The third-order valence-electron chi connectivity index (χ3n) is 4.43. The fourth-order valence-electron chi connectivity index (χ4n) is 2.96. The number of carbonyl (C=O) groups excluding carboxylic acids is 1. The van der Waals surface area contributed by atoms with E-state index in [1.54, 1.807) is 23.7 Å². The fraction of sp³-hybridized carbons (Fsp3) is 0.263. The Morgan fingerprint density at radius 3 is 1.86 bits per heavy atom. The van der Waals surface area contributed by atoms with Crippen LogP contribution in [0.5, 0.6) is 0 Å². The molecule has 1 heterocycles. The summed E-state index contributed by atoms with van der Waals surface area (Å²) in [5.74, 6) is -1.75. The summed E-state index contributed by atoms with van der Waals surface area (Å²) in [6, 6.07) is 10.4. The first-order chi connectivity index (χ1) is 16.2. The maximum absolute atomic E-state index is 12.8. The zero-order valence-electron chi connectivity index (χ0n) is 17.3. The largest absolute Gasteiger partial charge is 0.741 e. The Kier molecular flexibility index (Phi) is 8.08. The second-order valence-corrected chi connectivity index (χ2v) is 8.69. The van der Waals surface area contributed by atoms with Crippen LogP contribution in [-0.2, 0) is 21.9 Å². The highest BCUT2D eigenvalue weighted by atomic mass is 35.5. The number of alkyl halides is 9. The predicted octanol–water partition coefficient (Wildman–Crippen LogP) is 5.17. The van der Waals surface area contributed by atoms with E-state index in [0.29, 0.717) is 11.0 Å². The minimum absolute atomic E-state index is 0.0711. The maximum Gasteiger partial charge on any atom is 0.485 e. The Bertz CT molecular complexity index is 1390. The molecule has 17 heteroatoms. The molecule has 0 fully saturated rings. The van der Waals surface area contributed by atoms with Gasteiger partial charge in [-0.1, -0.05) is 23.7 Å². The molecule has 198 valence electrons. The molecule has 0 atom stereocenters. The molecule has 0 saturated carbocycles. The Morgan fingerprint density at radius 1 is 0.917 bits per heavy atom. The van der Waals surface area contributed by atoms with Crippen LogP contribution in [0.15, 0.2) is 42.5 Å². The van der Waals surface area contributed by atoms with E-state index in [1.807, 2.05) is 0 Å². The lowest BCUT2D eigenvalue weighted by Gasteiger charge is -2.23. The van der Waals surface area contributed by atoms with E-state index in [-0.39, 0.29) is 15.8 Å². The van der Waals surface area contributed by atoms with Gasteiger partial charge in [-0.2, -0.15) is 44.1 Å². The van der Waals surface area contributed by atoms with Crippen LogP contribution < -0.4 is 4.57 Å². The second-order valence-electron chi connectivity index (χ2n) is 6.88. The summed E-state index contributed by atoms with van der Waals surface area (Å²) in [7, 11) is -4.45. The minimum atomic E-state index is -6.09. The first kappa shape index (κ1) is 29.4. The monoisotopic (exact) mass is 571 g/mol. The number of fused-ring (bicyclic) bond motifs is 2. The van der Waals surface area contributed by atoms with Crippen molar-refractivity contribution < 1.29 is 66.6 Å². The molecule has 0 N–H and O–H groups in total. The van der Waals surface area contributed by atoms with E-state index >= 15 is 0 Å². The molecule has 6 nitrogen and oxygen atoms in total. The zero-order valence-corrected chi connectivity index (χ0v) is 18.9. The highest BCUT2D eigenvalue weighted by molar-refractivity contribution is 7.86. The lowest BCUT2D eigenvalue weighted by molar-refractivity contribution is -0.617. The minimum Gasteiger partial charge on any atom is -0.741 e. The molecule has 0 amide bonds. The lowest BCUT2D eigenvalue weighted by atomic mass is 10.0. The van der Waals surface area contributed by atoms with Gasteiger partial charge in [0.1, 0.15) is 7.05 Å². The number of rotatable bonds is 2. The number of para-hydroxylation sites is 1. The topological polar surface area (TPSA) is 87.4 Å². The fourth-order valence-corrected chi connectivity index (χ4v) is 3.13. The van der Waals surface area contributed by atoms with E-state index in [0.717, 1.165) is 0 Å². The number of benzene rings is 2. The summed E-state index contributed by atoms with van der Waals surface area (Å²) in [5.41, 5.74) is -5.28. The molecule has 0 aliphatic carbocycles. The Labute approximate surface area is 200 Å². The number of nitrogens with zero attached hydrogens (tertiary/aromatic N) is 1. The van der Waals surface area contributed by atoms with Crippen molar-refractivity contribution in [1.82, 2.24) is 0 Å². The number of carbonyl (C=O) groups is 1. The van der Waals surface area contributed by atoms with Gasteiger partial charge in [0, 0.05) is 17.2 Å². The average molecular weight is 572 g/mol. The number of hydrogen-bond acceptors (Lipinski definition) is 5. The standard InChI is InChI=1S/C18H11ClF6NO2.CHF3O3S/c1-26-12-5-3-2-4-10(12)14(11-8-9(19)6-7-13(11)26)15(27)28-16(17(20,21)22)18(23,24)25;2-1(3,4)8(5,6)7/h2-8,16H,1H3;(H,5,6,7)/q+1;/p-1. The van der Waals surface area contributed by atoms with Gasteiger partial charge < -0.3 is 9.29 Å². The Balaban J connectivity index is 0.000000493. The summed E-state index contributed by atoms with van der Waals surface area (Å²) in [6.45, 7) is 0. The van der Waals surface area contributed by atoms with Crippen molar-refractivity contribution in [2.75, 3.05) is 0 Å². The molecule has 2 aromatic carbocycles. The Hall–Kier alpha value is -2.85. The summed E-state index contributed by atoms with van der Waals surface area (Å²) in [5, 5.41) is 0.356. The van der Waals surface area contributed by atoms with Crippen molar-refractivity contribution >= 4 is 49.5 Å². The number of esters is 1. The van der Waals surface area contributed by atoms with Crippen molar-refractivity contribution in [3.05, 3.63) is 53.1 Å². The summed E-state index contributed by atoms with van der Waals surface area (Å²) >= 11 is 5.93. The molecule has 3 rings (SSSR count). The number of pyridine rings is 1. The molecular formula is C19H11ClF9NO5S. The molecule has 36 heavy (non-hydrogen) atoms. The number of ether oxygens (including phenoxy) is 1. The van der Waals surface area contributed by atoms with E-state index < -0.39 is 45.6 Å². The van der Waals surface area contributed by atoms with Crippen LogP contribution in [0.1, 0.15) is 10.4 Å². The summed E-state index contributed by atoms with van der Waals surface area (Å²) in [4.78, 5) is 12.5. The molecule has 0 saturated heterocycles. The summed E-state index contributed by atoms with van der Waals surface area (Å²) < 4.78 is 141. The van der Waals surface area contributed by atoms with Crippen LogP contribution in [0, 0.1) is 0 Å². The summed E-state index contributed by atoms with van der Waals surface area (Å²) in [6.07, 6.45) is -15.9. The molecule has 0 aliphatic rings. The smallest absolute Gasteiger partial charge is 0.485 e. The van der Waals surface area contributed by atoms with Gasteiger partial charge in [-0.15, -0.1) is 0 Å². The van der Waals surface area contributed by atoms with Gasteiger partial charge >= 0.3 is 23.8 Å². The number of aryl methyl sites for hydroxylation is 1. The first-order valence-electron chi connectivity index (χ1n) is 9.03. The van der Waals surface area contributed by atoms with Crippen LogP contribution in [-0.4, -0.2) is 42.9 Å². The highest BCUT2D eigenvalue weighted by Gasteiger charge is 2.60. The van der Waals surface area contributed by atoms with Crippen LogP contribution in [0.4, 0.5) is 39.5 Å². The van der Waals surface area contributed by atoms with Crippen molar-refractivity contribution in [2.45, 2.75) is 24.0 Å². The molecular weight excluding hydrogens is 561 g/mol. The molecule has 0 unspecified atom stereocenters. The molecule has 0 bridgehead atoms.